The molecule has 0 heterocycles. The highest BCUT2D eigenvalue weighted by Gasteiger charge is 2.20. The van der Waals surface area contributed by atoms with Crippen molar-refractivity contribution in [3.8, 4) is 0 Å². The second-order valence-electron chi connectivity index (χ2n) is 5.83. The van der Waals surface area contributed by atoms with Crippen molar-refractivity contribution >= 4 is 46.6 Å². The molecule has 110 valence electrons. The Balaban J connectivity index is 1.85. The third-order valence-corrected chi connectivity index (χ3v) is 4.60. The molecule has 0 bridgehead atoms. The van der Waals surface area contributed by atoms with Gasteiger partial charge in [0.1, 0.15) is 0 Å². The molecule has 0 aliphatic heterocycles. The minimum absolute atomic E-state index is 0.0227. The van der Waals surface area contributed by atoms with E-state index in [1.54, 1.807) is 0 Å². The van der Waals surface area contributed by atoms with Gasteiger partial charge in [0.15, 0.2) is 0 Å². The summed E-state index contributed by atoms with van der Waals surface area (Å²) in [7, 11) is 0. The number of benzene rings is 2. The molecule has 0 spiro atoms. The summed E-state index contributed by atoms with van der Waals surface area (Å²) in [4.78, 5) is 11.8. The van der Waals surface area contributed by atoms with Crippen molar-refractivity contribution in [1.29, 1.82) is 0 Å². The van der Waals surface area contributed by atoms with Gasteiger partial charge in [0.05, 0.1) is 0 Å². The molecule has 1 amide bonds. The van der Waals surface area contributed by atoms with E-state index in [0.29, 0.717) is 12.2 Å². The molecule has 3 heteroatoms. The molecule has 2 aliphatic carbocycles. The van der Waals surface area contributed by atoms with Crippen molar-refractivity contribution in [2.45, 2.75) is 19.3 Å². The largest absolute Gasteiger partial charge is 0.326 e. The van der Waals surface area contributed by atoms with Crippen LogP contribution in [0.25, 0.3) is 22.4 Å². The van der Waals surface area contributed by atoms with Crippen molar-refractivity contribution in [2.24, 2.45) is 0 Å². The van der Waals surface area contributed by atoms with Crippen LogP contribution < -0.4 is 5.32 Å². The van der Waals surface area contributed by atoms with Gasteiger partial charge in [0.25, 0.3) is 0 Å². The lowest BCUT2D eigenvalue weighted by Gasteiger charge is -2.24. The van der Waals surface area contributed by atoms with Crippen LogP contribution in [-0.4, -0.2) is 11.7 Å². The molecule has 0 saturated carbocycles. The number of nitrogens with one attached hydrogen (secondary N) is 1. The quantitative estimate of drug-likeness (QED) is 0.806. The van der Waals surface area contributed by atoms with E-state index in [2.05, 4.69) is 60.4 Å². The van der Waals surface area contributed by atoms with E-state index >= 15 is 0 Å². The Morgan fingerprint density at radius 3 is 3.00 bits per heavy atom. The molecule has 0 aromatic heterocycles. The molecular formula is C19H17NOS. The van der Waals surface area contributed by atoms with Gasteiger partial charge in [-0.1, -0.05) is 30.4 Å². The lowest BCUT2D eigenvalue weighted by atomic mass is 9.81. The minimum Gasteiger partial charge on any atom is -0.326 e. The van der Waals surface area contributed by atoms with E-state index in [-0.39, 0.29) is 5.91 Å². The van der Waals surface area contributed by atoms with Gasteiger partial charge in [-0.05, 0) is 63.8 Å². The van der Waals surface area contributed by atoms with Crippen LogP contribution in [0.4, 0.5) is 5.69 Å². The number of hydrogen-bond donors (Lipinski definition) is 2. The van der Waals surface area contributed by atoms with Crippen LogP contribution in [0.3, 0.4) is 0 Å². The number of thiol groups is 1. The first kappa shape index (κ1) is 13.6. The summed E-state index contributed by atoms with van der Waals surface area (Å²) in [5.41, 5.74) is 6.31. The van der Waals surface area contributed by atoms with Crippen LogP contribution in [0.2, 0.25) is 0 Å². The molecule has 22 heavy (non-hydrogen) atoms. The Morgan fingerprint density at radius 1 is 1.23 bits per heavy atom. The topological polar surface area (TPSA) is 29.1 Å². The summed E-state index contributed by atoms with van der Waals surface area (Å²) in [6.45, 7) is 0. The summed E-state index contributed by atoms with van der Waals surface area (Å²) in [5, 5.41) is 5.54. The number of amides is 1. The van der Waals surface area contributed by atoms with E-state index in [0.717, 1.165) is 18.5 Å². The zero-order valence-electron chi connectivity index (χ0n) is 12.2. The number of carbonyl (C=O) groups excluding carboxylic acids is 1. The third-order valence-electron chi connectivity index (χ3n) is 4.38. The number of allylic oxidation sites excluding steroid dienone is 3. The Bertz CT molecular complexity index is 848. The van der Waals surface area contributed by atoms with E-state index in [4.69, 9.17) is 0 Å². The average Bonchev–Trinajstić information content (AvgIpc) is 2.52. The van der Waals surface area contributed by atoms with E-state index in [9.17, 15) is 4.79 Å². The second kappa shape index (κ2) is 5.33. The van der Waals surface area contributed by atoms with Crippen LogP contribution >= 0.6 is 12.6 Å². The Labute approximate surface area is 135 Å². The monoisotopic (exact) mass is 307 g/mol. The van der Waals surface area contributed by atoms with E-state index in [1.807, 2.05) is 0 Å². The highest BCUT2D eigenvalue weighted by Crippen LogP contribution is 2.41. The summed E-state index contributed by atoms with van der Waals surface area (Å²) < 4.78 is 0. The van der Waals surface area contributed by atoms with Gasteiger partial charge >= 0.3 is 0 Å². The maximum absolute atomic E-state index is 11.8. The van der Waals surface area contributed by atoms with Gasteiger partial charge in [0.2, 0.25) is 5.91 Å². The number of hydrogen-bond acceptors (Lipinski definition) is 2. The summed E-state index contributed by atoms with van der Waals surface area (Å²) >= 11 is 4.11. The van der Waals surface area contributed by atoms with Crippen LogP contribution in [0.15, 0.2) is 36.4 Å². The maximum Gasteiger partial charge on any atom is 0.225 e. The first-order chi connectivity index (χ1) is 10.8. The first-order valence-corrected chi connectivity index (χ1v) is 8.26. The normalized spacial score (nSPS) is 14.9. The molecule has 0 unspecified atom stereocenters. The van der Waals surface area contributed by atoms with Gasteiger partial charge in [-0.2, -0.15) is 12.6 Å². The Morgan fingerprint density at radius 2 is 2.14 bits per heavy atom. The summed E-state index contributed by atoms with van der Waals surface area (Å²) in [6.07, 6.45) is 9.16. The van der Waals surface area contributed by atoms with Crippen molar-refractivity contribution in [3.05, 3.63) is 53.1 Å². The predicted molar refractivity (Wildman–Crippen MR) is 96.4 cm³/mol. The number of carbonyl (C=O) groups is 1. The molecule has 2 aliphatic rings. The molecule has 4 rings (SSSR count). The highest BCUT2D eigenvalue weighted by molar-refractivity contribution is 7.80. The summed E-state index contributed by atoms with van der Waals surface area (Å²) in [5.74, 6) is 0.590. The zero-order valence-corrected chi connectivity index (χ0v) is 13.1. The third kappa shape index (κ3) is 2.17. The fraction of sp³-hybridized carbons (Fsp3) is 0.211. The van der Waals surface area contributed by atoms with Gasteiger partial charge in [0, 0.05) is 12.1 Å². The lowest BCUT2D eigenvalue weighted by Crippen LogP contribution is -2.12. The van der Waals surface area contributed by atoms with Gasteiger partial charge in [-0.3, -0.25) is 4.79 Å². The highest BCUT2D eigenvalue weighted by atomic mass is 32.1. The van der Waals surface area contributed by atoms with Crippen molar-refractivity contribution in [2.75, 3.05) is 11.1 Å². The second-order valence-corrected chi connectivity index (χ2v) is 6.27. The molecule has 1 N–H and O–H groups in total. The van der Waals surface area contributed by atoms with Crippen LogP contribution in [-0.2, 0) is 11.2 Å². The van der Waals surface area contributed by atoms with Gasteiger partial charge in [-0.25, -0.2) is 0 Å². The van der Waals surface area contributed by atoms with Gasteiger partial charge < -0.3 is 5.32 Å². The predicted octanol–water partition coefficient (Wildman–Crippen LogP) is 4.45. The lowest BCUT2D eigenvalue weighted by molar-refractivity contribution is -0.115. The van der Waals surface area contributed by atoms with Crippen LogP contribution in [0.5, 0.6) is 0 Å². The number of anilines is 1. The minimum atomic E-state index is 0.0227. The molecule has 0 fully saturated rings. The van der Waals surface area contributed by atoms with E-state index in [1.165, 1.54) is 33.0 Å². The fourth-order valence-electron chi connectivity index (χ4n) is 3.45. The standard InChI is InChI=1S/C19H17NOS/c21-17(8-9-22)20-16-10-14-6-4-12-2-1-3-13-5-7-15(11-16)19(14)18(12)13/h1-2,4-6,10-11,22H,3,7-9H2,(H,20,21). The Kier molecular flexibility index (Phi) is 3.30. The van der Waals surface area contributed by atoms with E-state index < -0.39 is 0 Å². The van der Waals surface area contributed by atoms with Crippen LogP contribution in [0.1, 0.15) is 29.5 Å². The van der Waals surface area contributed by atoms with Crippen LogP contribution in [0, 0.1) is 0 Å². The molecule has 0 atom stereocenters. The summed E-state index contributed by atoms with van der Waals surface area (Å²) in [6, 6.07) is 8.53. The molecule has 2 nitrogen and oxygen atoms in total. The Hall–Kier alpha value is -2.00. The molecular weight excluding hydrogens is 290 g/mol. The maximum atomic E-state index is 11.8. The van der Waals surface area contributed by atoms with Crippen molar-refractivity contribution < 1.29 is 4.79 Å². The van der Waals surface area contributed by atoms with Gasteiger partial charge in [-0.15, -0.1) is 0 Å². The van der Waals surface area contributed by atoms with Crippen molar-refractivity contribution in [1.82, 2.24) is 0 Å². The molecule has 2 aromatic carbocycles. The molecule has 2 aromatic rings. The SMILES string of the molecule is O=C(CCS)Nc1cc2c3c4c(ccc3c1)C=CCC4=CC2. The fourth-order valence-corrected chi connectivity index (χ4v) is 3.65. The zero-order chi connectivity index (χ0) is 15.1. The molecule has 0 saturated heterocycles. The average molecular weight is 307 g/mol. The smallest absolute Gasteiger partial charge is 0.225 e. The molecule has 0 radical (unpaired) electrons. The number of rotatable bonds is 3. The first-order valence-electron chi connectivity index (χ1n) is 7.62. The van der Waals surface area contributed by atoms with Crippen molar-refractivity contribution in [3.63, 3.8) is 0 Å².